The van der Waals surface area contributed by atoms with Gasteiger partial charge in [0.15, 0.2) is 0 Å². The number of carbonyl (C=O) groups excluding carboxylic acids is 1. The monoisotopic (exact) mass is 335 g/mol. The molecule has 0 fully saturated rings. The largest absolute Gasteiger partial charge is 0.347 e. The number of nitrogens with one attached hydrogen (secondary N) is 1. The standard InChI is InChI=1S/C12H18BrN3O.ClH/c1-12(2,3)10(5-14)16-11(17)8-4-9(13)7-15-6-8;/h4,6-7,10H,5,14H2,1-3H3,(H,16,17);1H. The zero-order valence-corrected chi connectivity index (χ0v) is 13.1. The summed E-state index contributed by atoms with van der Waals surface area (Å²) in [7, 11) is 0. The highest BCUT2D eigenvalue weighted by molar-refractivity contribution is 9.10. The van der Waals surface area contributed by atoms with Gasteiger partial charge in [0, 0.05) is 29.5 Å². The van der Waals surface area contributed by atoms with Crippen molar-refractivity contribution in [1.82, 2.24) is 10.3 Å². The van der Waals surface area contributed by atoms with Crippen molar-refractivity contribution in [3.8, 4) is 0 Å². The summed E-state index contributed by atoms with van der Waals surface area (Å²) in [5.41, 5.74) is 6.14. The van der Waals surface area contributed by atoms with E-state index in [1.807, 2.05) is 20.8 Å². The number of nitrogens with two attached hydrogens (primary N) is 1. The third-order valence-electron chi connectivity index (χ3n) is 2.55. The molecule has 1 aromatic rings. The highest BCUT2D eigenvalue weighted by atomic mass is 79.9. The maximum absolute atomic E-state index is 12.0. The molecule has 0 bridgehead atoms. The summed E-state index contributed by atoms with van der Waals surface area (Å²) in [6.45, 7) is 6.55. The van der Waals surface area contributed by atoms with E-state index in [9.17, 15) is 4.79 Å². The third kappa shape index (κ3) is 4.92. The van der Waals surface area contributed by atoms with Gasteiger partial charge in [-0.3, -0.25) is 9.78 Å². The lowest BCUT2D eigenvalue weighted by molar-refractivity contribution is 0.0905. The molecule has 1 heterocycles. The average molecular weight is 337 g/mol. The number of nitrogens with zero attached hydrogens (tertiary/aromatic N) is 1. The molecule has 0 saturated heterocycles. The van der Waals surface area contributed by atoms with Crippen molar-refractivity contribution in [2.45, 2.75) is 26.8 Å². The van der Waals surface area contributed by atoms with Gasteiger partial charge in [0.2, 0.25) is 0 Å². The summed E-state index contributed by atoms with van der Waals surface area (Å²) in [4.78, 5) is 15.9. The van der Waals surface area contributed by atoms with Crippen LogP contribution in [0.4, 0.5) is 0 Å². The van der Waals surface area contributed by atoms with Crippen molar-refractivity contribution in [3.05, 3.63) is 28.5 Å². The molecule has 1 rings (SSSR count). The fourth-order valence-corrected chi connectivity index (χ4v) is 1.77. The number of hydrogen-bond donors (Lipinski definition) is 2. The maximum Gasteiger partial charge on any atom is 0.253 e. The van der Waals surface area contributed by atoms with E-state index in [1.54, 1.807) is 12.3 Å². The van der Waals surface area contributed by atoms with Gasteiger partial charge in [-0.05, 0) is 27.4 Å². The zero-order valence-electron chi connectivity index (χ0n) is 10.7. The summed E-state index contributed by atoms with van der Waals surface area (Å²) < 4.78 is 0.783. The van der Waals surface area contributed by atoms with Crippen LogP contribution in [0.2, 0.25) is 0 Å². The number of pyridine rings is 1. The van der Waals surface area contributed by atoms with Crippen LogP contribution in [0.3, 0.4) is 0 Å². The first kappa shape index (κ1) is 17.4. The summed E-state index contributed by atoms with van der Waals surface area (Å²) >= 11 is 3.29. The van der Waals surface area contributed by atoms with E-state index < -0.39 is 0 Å². The molecule has 0 saturated carbocycles. The first-order valence-electron chi connectivity index (χ1n) is 5.46. The second-order valence-electron chi connectivity index (χ2n) is 5.02. The Morgan fingerprint density at radius 2 is 2.11 bits per heavy atom. The predicted octanol–water partition coefficient (Wildman–Crippen LogP) is 2.37. The Bertz CT molecular complexity index is 407. The number of halogens is 2. The Hall–Kier alpha value is -0.650. The van der Waals surface area contributed by atoms with Gasteiger partial charge in [-0.15, -0.1) is 12.4 Å². The molecule has 0 aromatic carbocycles. The normalized spacial score (nSPS) is 12.5. The molecule has 4 nitrogen and oxygen atoms in total. The molecule has 0 radical (unpaired) electrons. The van der Waals surface area contributed by atoms with Crippen LogP contribution in [0.15, 0.2) is 22.9 Å². The summed E-state index contributed by atoms with van der Waals surface area (Å²) in [5.74, 6) is -0.149. The number of aromatic nitrogens is 1. The Balaban J connectivity index is 0.00000289. The molecule has 3 N–H and O–H groups in total. The van der Waals surface area contributed by atoms with Gasteiger partial charge in [-0.2, -0.15) is 0 Å². The first-order valence-corrected chi connectivity index (χ1v) is 6.25. The number of hydrogen-bond acceptors (Lipinski definition) is 3. The third-order valence-corrected chi connectivity index (χ3v) is 2.99. The van der Waals surface area contributed by atoms with Crippen LogP contribution in [-0.4, -0.2) is 23.5 Å². The smallest absolute Gasteiger partial charge is 0.253 e. The maximum atomic E-state index is 12.0. The molecule has 6 heteroatoms. The summed E-state index contributed by atoms with van der Waals surface area (Å²) in [6, 6.07) is 1.67. The van der Waals surface area contributed by atoms with Crippen LogP contribution in [0.5, 0.6) is 0 Å². The van der Waals surface area contributed by atoms with Gasteiger partial charge in [0.05, 0.1) is 5.56 Å². The minimum absolute atomic E-state index is 0. The Morgan fingerprint density at radius 1 is 1.50 bits per heavy atom. The van der Waals surface area contributed by atoms with Crippen molar-refractivity contribution in [2.75, 3.05) is 6.54 Å². The first-order chi connectivity index (χ1) is 7.84. The Morgan fingerprint density at radius 3 is 2.56 bits per heavy atom. The molecule has 0 aliphatic carbocycles. The van der Waals surface area contributed by atoms with E-state index in [1.165, 1.54) is 6.20 Å². The molecular weight excluding hydrogens is 318 g/mol. The number of rotatable bonds is 3. The molecule has 0 aliphatic rings. The zero-order chi connectivity index (χ0) is 13.1. The van der Waals surface area contributed by atoms with Crippen LogP contribution in [-0.2, 0) is 0 Å². The van der Waals surface area contributed by atoms with E-state index in [2.05, 4.69) is 26.2 Å². The van der Waals surface area contributed by atoms with Crippen LogP contribution >= 0.6 is 28.3 Å². The fraction of sp³-hybridized carbons (Fsp3) is 0.500. The van der Waals surface area contributed by atoms with E-state index in [-0.39, 0.29) is 29.8 Å². The second kappa shape index (κ2) is 7.07. The lowest BCUT2D eigenvalue weighted by Gasteiger charge is -2.30. The molecule has 0 spiro atoms. The van der Waals surface area contributed by atoms with Crippen LogP contribution in [0.1, 0.15) is 31.1 Å². The lowest BCUT2D eigenvalue weighted by Crippen LogP contribution is -2.48. The fourth-order valence-electron chi connectivity index (χ4n) is 1.41. The Labute approximate surface area is 122 Å². The van der Waals surface area contributed by atoms with E-state index in [0.717, 1.165) is 4.47 Å². The quantitative estimate of drug-likeness (QED) is 0.890. The van der Waals surface area contributed by atoms with Gasteiger partial charge in [0.25, 0.3) is 5.91 Å². The molecule has 18 heavy (non-hydrogen) atoms. The molecule has 1 aromatic heterocycles. The van der Waals surface area contributed by atoms with Crippen molar-refractivity contribution >= 4 is 34.2 Å². The molecule has 1 atom stereocenters. The van der Waals surface area contributed by atoms with Crippen LogP contribution in [0, 0.1) is 5.41 Å². The molecule has 0 aliphatic heterocycles. The molecule has 1 amide bonds. The van der Waals surface area contributed by atoms with E-state index in [0.29, 0.717) is 12.1 Å². The molecule has 102 valence electrons. The minimum Gasteiger partial charge on any atom is -0.347 e. The van der Waals surface area contributed by atoms with Gasteiger partial charge in [-0.25, -0.2) is 0 Å². The van der Waals surface area contributed by atoms with Gasteiger partial charge in [-0.1, -0.05) is 20.8 Å². The van der Waals surface area contributed by atoms with Crippen molar-refractivity contribution in [3.63, 3.8) is 0 Å². The Kier molecular flexibility index (Phi) is 6.81. The lowest BCUT2D eigenvalue weighted by atomic mass is 9.86. The second-order valence-corrected chi connectivity index (χ2v) is 5.94. The van der Waals surface area contributed by atoms with Crippen LogP contribution < -0.4 is 11.1 Å². The molecule has 1 unspecified atom stereocenters. The van der Waals surface area contributed by atoms with Gasteiger partial charge < -0.3 is 11.1 Å². The number of carbonyl (C=O) groups is 1. The summed E-state index contributed by atoms with van der Waals surface area (Å²) in [5, 5.41) is 2.93. The van der Waals surface area contributed by atoms with Gasteiger partial charge in [0.1, 0.15) is 0 Å². The predicted molar refractivity (Wildman–Crippen MR) is 78.9 cm³/mol. The van der Waals surface area contributed by atoms with E-state index in [4.69, 9.17) is 5.73 Å². The van der Waals surface area contributed by atoms with Crippen molar-refractivity contribution in [1.29, 1.82) is 0 Å². The van der Waals surface area contributed by atoms with E-state index >= 15 is 0 Å². The van der Waals surface area contributed by atoms with Crippen molar-refractivity contribution < 1.29 is 4.79 Å². The SMILES string of the molecule is CC(C)(C)C(CN)NC(=O)c1cncc(Br)c1.Cl. The minimum atomic E-state index is -0.149. The van der Waals surface area contributed by atoms with Crippen LogP contribution in [0.25, 0.3) is 0 Å². The topological polar surface area (TPSA) is 68.0 Å². The highest BCUT2D eigenvalue weighted by Crippen LogP contribution is 2.19. The molecular formula is C12H19BrClN3O. The van der Waals surface area contributed by atoms with Crippen molar-refractivity contribution in [2.24, 2.45) is 11.1 Å². The highest BCUT2D eigenvalue weighted by Gasteiger charge is 2.25. The number of amides is 1. The van der Waals surface area contributed by atoms with Gasteiger partial charge >= 0.3 is 0 Å². The summed E-state index contributed by atoms with van der Waals surface area (Å²) in [6.07, 6.45) is 3.18. The average Bonchev–Trinajstić information content (AvgIpc) is 2.23.